The van der Waals surface area contributed by atoms with Gasteiger partial charge in [0.15, 0.2) is 0 Å². The number of carbonyl (C=O) groups excluding carboxylic acids is 1. The highest BCUT2D eigenvalue weighted by molar-refractivity contribution is 9.10. The van der Waals surface area contributed by atoms with Crippen LogP contribution in [0.25, 0.3) is 0 Å². The van der Waals surface area contributed by atoms with Crippen LogP contribution < -0.4 is 10.6 Å². The molecule has 1 atom stereocenters. The molecular formula is C16H19BrN4O. The molecule has 1 amide bonds. The number of aromatic nitrogens is 2. The zero-order valence-corrected chi connectivity index (χ0v) is 14.4. The van der Waals surface area contributed by atoms with Crippen LogP contribution in [0.2, 0.25) is 0 Å². The van der Waals surface area contributed by atoms with E-state index in [1.54, 1.807) is 6.07 Å². The average molecular weight is 363 g/mol. The molecule has 2 N–H and O–H groups in total. The molecule has 0 aliphatic rings. The Bertz CT molecular complexity index is 675. The largest absolute Gasteiger partial charge is 0.368 e. The van der Waals surface area contributed by atoms with E-state index in [-0.39, 0.29) is 5.91 Å². The Morgan fingerprint density at radius 1 is 1.32 bits per heavy atom. The van der Waals surface area contributed by atoms with Crippen molar-refractivity contribution in [2.75, 3.05) is 10.6 Å². The van der Waals surface area contributed by atoms with E-state index < -0.39 is 0 Å². The SMILES string of the molecule is CCC(C)Nc1cc(C(=O)Nc2ccc(Br)c(C)c2)ncn1. The smallest absolute Gasteiger partial charge is 0.274 e. The zero-order valence-electron chi connectivity index (χ0n) is 12.9. The van der Waals surface area contributed by atoms with Crippen LogP contribution in [0.15, 0.2) is 35.1 Å². The highest BCUT2D eigenvalue weighted by Gasteiger charge is 2.10. The van der Waals surface area contributed by atoms with Crippen molar-refractivity contribution in [3.63, 3.8) is 0 Å². The summed E-state index contributed by atoms with van der Waals surface area (Å²) in [5.41, 5.74) is 2.13. The predicted octanol–water partition coefficient (Wildman–Crippen LogP) is 4.01. The summed E-state index contributed by atoms with van der Waals surface area (Å²) in [6.45, 7) is 6.12. The summed E-state index contributed by atoms with van der Waals surface area (Å²) in [5.74, 6) is 0.401. The summed E-state index contributed by atoms with van der Waals surface area (Å²) in [4.78, 5) is 20.4. The molecule has 0 bridgehead atoms. The normalized spacial score (nSPS) is 11.8. The molecule has 0 radical (unpaired) electrons. The van der Waals surface area contributed by atoms with Crippen molar-refractivity contribution in [3.05, 3.63) is 46.3 Å². The van der Waals surface area contributed by atoms with Crippen LogP contribution in [0, 0.1) is 6.92 Å². The molecule has 2 rings (SSSR count). The van der Waals surface area contributed by atoms with Gasteiger partial charge < -0.3 is 10.6 Å². The van der Waals surface area contributed by atoms with Crippen molar-refractivity contribution in [1.82, 2.24) is 9.97 Å². The molecule has 0 saturated heterocycles. The van der Waals surface area contributed by atoms with E-state index in [0.29, 0.717) is 17.6 Å². The van der Waals surface area contributed by atoms with Crippen LogP contribution in [0.3, 0.4) is 0 Å². The Kier molecular flexibility index (Phi) is 5.49. The summed E-state index contributed by atoms with van der Waals surface area (Å²) in [7, 11) is 0. The molecule has 0 aliphatic carbocycles. The van der Waals surface area contributed by atoms with Gasteiger partial charge in [0, 0.05) is 22.3 Å². The standard InChI is InChI=1S/C16H19BrN4O/c1-4-11(3)20-15-8-14(18-9-19-15)16(22)21-12-5-6-13(17)10(2)7-12/h5-9,11H,4H2,1-3H3,(H,21,22)(H,18,19,20). The van der Waals surface area contributed by atoms with Crippen molar-refractivity contribution in [1.29, 1.82) is 0 Å². The van der Waals surface area contributed by atoms with Crippen molar-refractivity contribution in [2.45, 2.75) is 33.2 Å². The molecular weight excluding hydrogens is 344 g/mol. The first kappa shape index (κ1) is 16.4. The van der Waals surface area contributed by atoms with Crippen molar-refractivity contribution >= 4 is 33.3 Å². The highest BCUT2D eigenvalue weighted by atomic mass is 79.9. The van der Waals surface area contributed by atoms with E-state index in [2.05, 4.69) is 50.4 Å². The summed E-state index contributed by atoms with van der Waals surface area (Å²) >= 11 is 3.44. The van der Waals surface area contributed by atoms with Gasteiger partial charge in [0.1, 0.15) is 17.8 Å². The number of amides is 1. The summed E-state index contributed by atoms with van der Waals surface area (Å²) in [6.07, 6.45) is 2.37. The first-order chi connectivity index (χ1) is 10.5. The number of anilines is 2. The number of carbonyl (C=O) groups is 1. The molecule has 1 unspecified atom stereocenters. The second kappa shape index (κ2) is 7.35. The fourth-order valence-electron chi connectivity index (χ4n) is 1.83. The Labute approximate surface area is 138 Å². The maximum absolute atomic E-state index is 12.3. The molecule has 22 heavy (non-hydrogen) atoms. The molecule has 0 aliphatic heterocycles. The second-order valence-electron chi connectivity index (χ2n) is 5.16. The average Bonchev–Trinajstić information content (AvgIpc) is 2.51. The lowest BCUT2D eigenvalue weighted by molar-refractivity contribution is 0.102. The van der Waals surface area contributed by atoms with Crippen LogP contribution in [-0.2, 0) is 0 Å². The lowest BCUT2D eigenvalue weighted by atomic mass is 10.2. The van der Waals surface area contributed by atoms with Crippen molar-refractivity contribution < 1.29 is 4.79 Å². The van der Waals surface area contributed by atoms with E-state index in [0.717, 1.165) is 22.1 Å². The third kappa shape index (κ3) is 4.27. The second-order valence-corrected chi connectivity index (χ2v) is 6.01. The highest BCUT2D eigenvalue weighted by Crippen LogP contribution is 2.20. The number of nitrogens with zero attached hydrogens (tertiary/aromatic N) is 2. The number of rotatable bonds is 5. The molecule has 0 saturated carbocycles. The Balaban J connectivity index is 2.12. The van der Waals surface area contributed by atoms with Crippen molar-refractivity contribution in [2.24, 2.45) is 0 Å². The van der Waals surface area contributed by atoms with Gasteiger partial charge in [0.2, 0.25) is 0 Å². The number of hydrogen-bond donors (Lipinski definition) is 2. The Morgan fingerprint density at radius 3 is 2.77 bits per heavy atom. The van der Waals surface area contributed by atoms with Gasteiger partial charge in [-0.15, -0.1) is 0 Å². The van der Waals surface area contributed by atoms with E-state index in [1.807, 2.05) is 25.1 Å². The number of aryl methyl sites for hydroxylation is 1. The third-order valence-corrected chi connectivity index (χ3v) is 4.21. The predicted molar refractivity (Wildman–Crippen MR) is 92.2 cm³/mol. The van der Waals surface area contributed by atoms with Crippen LogP contribution >= 0.6 is 15.9 Å². The minimum absolute atomic E-state index is 0.253. The Hall–Kier alpha value is -1.95. The molecule has 1 heterocycles. The van der Waals surface area contributed by atoms with Gasteiger partial charge in [-0.05, 0) is 44.0 Å². The topological polar surface area (TPSA) is 66.9 Å². The molecule has 0 fully saturated rings. The first-order valence-corrected chi connectivity index (χ1v) is 7.95. The third-order valence-electron chi connectivity index (χ3n) is 3.32. The molecule has 1 aromatic heterocycles. The summed E-state index contributed by atoms with van der Waals surface area (Å²) < 4.78 is 1.01. The number of hydrogen-bond acceptors (Lipinski definition) is 4. The van der Waals surface area contributed by atoms with Gasteiger partial charge in [-0.2, -0.15) is 0 Å². The quantitative estimate of drug-likeness (QED) is 0.842. The first-order valence-electron chi connectivity index (χ1n) is 7.15. The van der Waals surface area contributed by atoms with Crippen molar-refractivity contribution in [3.8, 4) is 0 Å². The van der Waals surface area contributed by atoms with Gasteiger partial charge in [0.25, 0.3) is 5.91 Å². The van der Waals surface area contributed by atoms with Gasteiger partial charge in [0.05, 0.1) is 0 Å². The number of nitrogens with one attached hydrogen (secondary N) is 2. The molecule has 6 heteroatoms. The fraction of sp³-hybridized carbons (Fsp3) is 0.312. The van der Waals surface area contributed by atoms with Crippen LogP contribution in [0.5, 0.6) is 0 Å². The van der Waals surface area contributed by atoms with Gasteiger partial charge >= 0.3 is 0 Å². The van der Waals surface area contributed by atoms with E-state index in [4.69, 9.17) is 0 Å². The van der Waals surface area contributed by atoms with E-state index in [1.165, 1.54) is 6.33 Å². The molecule has 2 aromatic rings. The van der Waals surface area contributed by atoms with E-state index in [9.17, 15) is 4.79 Å². The summed E-state index contributed by atoms with van der Waals surface area (Å²) in [5, 5.41) is 6.07. The van der Waals surface area contributed by atoms with Gasteiger partial charge in [-0.1, -0.05) is 22.9 Å². The minimum Gasteiger partial charge on any atom is -0.368 e. The molecule has 116 valence electrons. The summed E-state index contributed by atoms with van der Waals surface area (Å²) in [6, 6.07) is 7.60. The van der Waals surface area contributed by atoms with Crippen LogP contribution in [0.4, 0.5) is 11.5 Å². The monoisotopic (exact) mass is 362 g/mol. The maximum atomic E-state index is 12.3. The lowest BCUT2D eigenvalue weighted by Crippen LogP contribution is -2.17. The molecule has 5 nitrogen and oxygen atoms in total. The fourth-order valence-corrected chi connectivity index (χ4v) is 2.08. The van der Waals surface area contributed by atoms with Crippen LogP contribution in [-0.4, -0.2) is 21.9 Å². The molecule has 0 spiro atoms. The van der Waals surface area contributed by atoms with Gasteiger partial charge in [-0.3, -0.25) is 4.79 Å². The lowest BCUT2D eigenvalue weighted by Gasteiger charge is -2.12. The molecule has 1 aromatic carbocycles. The van der Waals surface area contributed by atoms with E-state index >= 15 is 0 Å². The zero-order chi connectivity index (χ0) is 16.1. The number of halogens is 1. The van der Waals surface area contributed by atoms with Crippen LogP contribution in [0.1, 0.15) is 36.3 Å². The number of benzene rings is 1. The Morgan fingerprint density at radius 2 is 2.09 bits per heavy atom. The van der Waals surface area contributed by atoms with Gasteiger partial charge in [-0.25, -0.2) is 9.97 Å². The minimum atomic E-state index is -0.253. The maximum Gasteiger partial charge on any atom is 0.274 e.